The van der Waals surface area contributed by atoms with Crippen molar-refractivity contribution < 1.29 is 9.90 Å². The smallest absolute Gasteiger partial charge is 0.303 e. The number of hydrogen-bond acceptors (Lipinski definition) is 3. The molecule has 17 heavy (non-hydrogen) atoms. The van der Waals surface area contributed by atoms with Crippen LogP contribution in [0, 0.1) is 5.92 Å². The van der Waals surface area contributed by atoms with Crippen molar-refractivity contribution in [2.75, 3.05) is 18.8 Å². The fourth-order valence-electron chi connectivity index (χ4n) is 3.10. The number of thioether (sulfide) groups is 1. The van der Waals surface area contributed by atoms with Gasteiger partial charge in [0.15, 0.2) is 0 Å². The van der Waals surface area contributed by atoms with E-state index in [2.05, 4.69) is 23.6 Å². The number of aliphatic carboxylic acids is 1. The minimum Gasteiger partial charge on any atom is -0.481 e. The Hall–Kier alpha value is -0.220. The highest BCUT2D eigenvalue weighted by Gasteiger charge is 2.31. The van der Waals surface area contributed by atoms with E-state index in [-0.39, 0.29) is 0 Å². The Labute approximate surface area is 108 Å². The topological polar surface area (TPSA) is 40.5 Å². The fourth-order valence-corrected chi connectivity index (χ4v) is 4.38. The minimum absolute atomic E-state index is 0.348. The Bertz CT molecular complexity index is 264. The molecule has 2 saturated heterocycles. The molecule has 0 spiro atoms. The number of carbonyl (C=O) groups is 1. The molecule has 0 aromatic carbocycles. The van der Waals surface area contributed by atoms with Crippen LogP contribution < -0.4 is 0 Å². The van der Waals surface area contributed by atoms with E-state index in [1.807, 2.05) is 0 Å². The van der Waals surface area contributed by atoms with Crippen molar-refractivity contribution in [3.05, 3.63) is 0 Å². The molecule has 1 N–H and O–H groups in total. The molecular formula is C13H23NO2S. The third-order valence-corrected chi connectivity index (χ3v) is 5.53. The van der Waals surface area contributed by atoms with Crippen LogP contribution in [-0.2, 0) is 4.79 Å². The van der Waals surface area contributed by atoms with Crippen LogP contribution in [0.3, 0.4) is 0 Å². The summed E-state index contributed by atoms with van der Waals surface area (Å²) in [6, 6.07) is 0.778. The van der Waals surface area contributed by atoms with Crippen LogP contribution in [0.5, 0.6) is 0 Å². The summed E-state index contributed by atoms with van der Waals surface area (Å²) in [5.74, 6) is 1.31. The zero-order valence-corrected chi connectivity index (χ0v) is 11.4. The van der Waals surface area contributed by atoms with Gasteiger partial charge < -0.3 is 5.11 Å². The van der Waals surface area contributed by atoms with Gasteiger partial charge in [-0.1, -0.05) is 6.92 Å². The second-order valence-electron chi connectivity index (χ2n) is 5.34. The Morgan fingerprint density at radius 3 is 2.59 bits per heavy atom. The molecule has 98 valence electrons. The summed E-state index contributed by atoms with van der Waals surface area (Å²) in [5.41, 5.74) is 0. The fraction of sp³-hybridized carbons (Fsp3) is 0.923. The van der Waals surface area contributed by atoms with E-state index in [1.165, 1.54) is 38.1 Å². The van der Waals surface area contributed by atoms with Gasteiger partial charge in [0, 0.05) is 17.7 Å². The summed E-state index contributed by atoms with van der Waals surface area (Å²) in [7, 11) is 0. The normalized spacial score (nSPS) is 31.8. The largest absolute Gasteiger partial charge is 0.481 e. The van der Waals surface area contributed by atoms with Gasteiger partial charge in [-0.05, 0) is 50.4 Å². The third-order valence-electron chi connectivity index (χ3n) is 4.22. The first-order valence-electron chi connectivity index (χ1n) is 6.74. The first-order chi connectivity index (χ1) is 8.16. The molecule has 2 fully saturated rings. The molecule has 0 amide bonds. The molecule has 2 aliphatic rings. The lowest BCUT2D eigenvalue weighted by Gasteiger charge is -2.37. The maximum atomic E-state index is 10.5. The molecule has 2 heterocycles. The van der Waals surface area contributed by atoms with Crippen LogP contribution >= 0.6 is 11.8 Å². The summed E-state index contributed by atoms with van der Waals surface area (Å²) in [4.78, 5) is 13.2. The summed E-state index contributed by atoms with van der Waals surface area (Å²) in [5, 5.41) is 9.47. The lowest BCUT2D eigenvalue weighted by atomic mass is 9.91. The number of carboxylic acid groups (broad SMARTS) is 1. The van der Waals surface area contributed by atoms with Gasteiger partial charge in [-0.2, -0.15) is 11.8 Å². The molecule has 4 heteroatoms. The van der Waals surface area contributed by atoms with Gasteiger partial charge in [0.25, 0.3) is 0 Å². The van der Waals surface area contributed by atoms with Crippen molar-refractivity contribution in [2.24, 2.45) is 5.92 Å². The van der Waals surface area contributed by atoms with Crippen molar-refractivity contribution in [1.82, 2.24) is 4.90 Å². The van der Waals surface area contributed by atoms with E-state index in [9.17, 15) is 4.79 Å². The quantitative estimate of drug-likeness (QED) is 0.840. The second-order valence-corrected chi connectivity index (χ2v) is 6.83. The van der Waals surface area contributed by atoms with E-state index >= 15 is 0 Å². The summed E-state index contributed by atoms with van der Waals surface area (Å²) in [6.07, 6.45) is 4.95. The number of piperidine rings is 1. The summed E-state index contributed by atoms with van der Waals surface area (Å²) >= 11 is 2.09. The molecule has 0 aromatic rings. The molecule has 2 rings (SSSR count). The van der Waals surface area contributed by atoms with E-state index in [0.29, 0.717) is 12.3 Å². The Morgan fingerprint density at radius 1 is 1.35 bits per heavy atom. The highest BCUT2D eigenvalue weighted by Crippen LogP contribution is 2.33. The van der Waals surface area contributed by atoms with E-state index in [4.69, 9.17) is 5.11 Å². The lowest BCUT2D eigenvalue weighted by Crippen LogP contribution is -2.43. The molecule has 2 atom stereocenters. The highest BCUT2D eigenvalue weighted by molar-refractivity contribution is 8.00. The molecule has 2 unspecified atom stereocenters. The van der Waals surface area contributed by atoms with Gasteiger partial charge in [0.1, 0.15) is 0 Å². The number of rotatable bonds is 4. The average molecular weight is 257 g/mol. The molecule has 0 saturated carbocycles. The maximum absolute atomic E-state index is 10.5. The zero-order chi connectivity index (χ0) is 12.3. The van der Waals surface area contributed by atoms with Crippen LogP contribution in [0.15, 0.2) is 0 Å². The predicted molar refractivity (Wildman–Crippen MR) is 71.5 cm³/mol. The predicted octanol–water partition coefficient (Wildman–Crippen LogP) is 2.46. The Morgan fingerprint density at radius 2 is 2.06 bits per heavy atom. The molecule has 3 nitrogen and oxygen atoms in total. The van der Waals surface area contributed by atoms with Crippen LogP contribution in [-0.4, -0.2) is 46.1 Å². The average Bonchev–Trinajstić information content (AvgIpc) is 2.73. The van der Waals surface area contributed by atoms with Gasteiger partial charge in [0.2, 0.25) is 0 Å². The number of carboxylic acids is 1. The van der Waals surface area contributed by atoms with Crippen molar-refractivity contribution in [2.45, 2.75) is 50.3 Å². The highest BCUT2D eigenvalue weighted by atomic mass is 32.2. The lowest BCUT2D eigenvalue weighted by molar-refractivity contribution is -0.137. The van der Waals surface area contributed by atoms with Crippen LogP contribution in [0.2, 0.25) is 0 Å². The van der Waals surface area contributed by atoms with Gasteiger partial charge in [-0.3, -0.25) is 9.69 Å². The molecule has 0 aliphatic carbocycles. The maximum Gasteiger partial charge on any atom is 0.303 e. The van der Waals surface area contributed by atoms with Crippen molar-refractivity contribution in [3.8, 4) is 0 Å². The number of nitrogens with zero attached hydrogens (tertiary/aromatic N) is 1. The van der Waals surface area contributed by atoms with Gasteiger partial charge in [-0.15, -0.1) is 0 Å². The zero-order valence-electron chi connectivity index (χ0n) is 10.6. The van der Waals surface area contributed by atoms with E-state index < -0.39 is 5.97 Å². The van der Waals surface area contributed by atoms with Gasteiger partial charge in [-0.25, -0.2) is 0 Å². The van der Waals surface area contributed by atoms with Gasteiger partial charge >= 0.3 is 5.97 Å². The molecule has 2 aliphatic heterocycles. The monoisotopic (exact) mass is 257 g/mol. The first kappa shape index (κ1) is 13.2. The standard InChI is InChI=1S/C13H23NO2S/c1-10-12(6-9-17-10)14-7-4-11(5-8-14)2-3-13(15)16/h10-12H,2-9H2,1H3,(H,15,16). The second kappa shape index (κ2) is 6.10. The van der Waals surface area contributed by atoms with Crippen molar-refractivity contribution in [1.29, 1.82) is 0 Å². The summed E-state index contributed by atoms with van der Waals surface area (Å²) < 4.78 is 0. The van der Waals surface area contributed by atoms with Crippen molar-refractivity contribution >= 4 is 17.7 Å². The van der Waals surface area contributed by atoms with Gasteiger partial charge in [0.05, 0.1) is 0 Å². The van der Waals surface area contributed by atoms with Crippen LogP contribution in [0.1, 0.15) is 39.0 Å². The van der Waals surface area contributed by atoms with Crippen molar-refractivity contribution in [3.63, 3.8) is 0 Å². The van der Waals surface area contributed by atoms with E-state index in [1.54, 1.807) is 0 Å². The number of likely N-dealkylation sites (tertiary alicyclic amines) is 1. The Balaban J connectivity index is 1.72. The minimum atomic E-state index is -0.645. The first-order valence-corrected chi connectivity index (χ1v) is 7.79. The molecule has 0 radical (unpaired) electrons. The Kier molecular flexibility index (Phi) is 4.74. The van der Waals surface area contributed by atoms with Crippen LogP contribution in [0.25, 0.3) is 0 Å². The van der Waals surface area contributed by atoms with E-state index in [0.717, 1.165) is 17.7 Å². The van der Waals surface area contributed by atoms with Crippen LogP contribution in [0.4, 0.5) is 0 Å². The summed E-state index contributed by atoms with van der Waals surface area (Å²) in [6.45, 7) is 4.71. The molecular weight excluding hydrogens is 234 g/mol. The molecule has 0 aromatic heterocycles. The molecule has 0 bridgehead atoms. The SMILES string of the molecule is CC1SCCC1N1CCC(CCC(=O)O)CC1. The number of hydrogen-bond donors (Lipinski definition) is 1. The third kappa shape index (κ3) is 3.62.